The number of likely N-dealkylation sites (tertiary alicyclic amines) is 1. The Labute approximate surface area is 202 Å². The fourth-order valence-corrected chi connectivity index (χ4v) is 4.31. The molecule has 176 valence electrons. The van der Waals surface area contributed by atoms with Crippen molar-refractivity contribution in [1.29, 1.82) is 0 Å². The van der Waals surface area contributed by atoms with Crippen LogP contribution in [0, 0.1) is 0 Å². The van der Waals surface area contributed by atoms with Gasteiger partial charge in [0.1, 0.15) is 5.75 Å². The van der Waals surface area contributed by atoms with Gasteiger partial charge in [0.15, 0.2) is 6.61 Å². The number of hydrogen-bond donors (Lipinski definition) is 0. The minimum Gasteiger partial charge on any atom is -0.484 e. The molecule has 0 aliphatic carbocycles. The maximum Gasteiger partial charge on any atom is 0.264 e. The molecule has 1 amide bonds. The van der Waals surface area contributed by atoms with Gasteiger partial charge in [0.05, 0.1) is 17.4 Å². The Morgan fingerprint density at radius 1 is 1.06 bits per heavy atom. The zero-order valence-electron chi connectivity index (χ0n) is 18.8. The van der Waals surface area contributed by atoms with E-state index in [1.807, 2.05) is 27.7 Å². The third kappa shape index (κ3) is 5.22. The minimum atomic E-state index is 0.163. The van der Waals surface area contributed by atoms with Crippen molar-refractivity contribution in [1.82, 2.24) is 24.6 Å². The third-order valence-corrected chi connectivity index (χ3v) is 6.30. The van der Waals surface area contributed by atoms with E-state index in [1.54, 1.807) is 30.6 Å². The molecule has 9 heteroatoms. The van der Waals surface area contributed by atoms with Crippen LogP contribution in [0.3, 0.4) is 0 Å². The van der Waals surface area contributed by atoms with E-state index in [0.29, 0.717) is 35.5 Å². The summed E-state index contributed by atoms with van der Waals surface area (Å²) < 4.78 is 13.0. The van der Waals surface area contributed by atoms with Gasteiger partial charge >= 0.3 is 0 Å². The molecule has 2 aromatic heterocycles. The van der Waals surface area contributed by atoms with Gasteiger partial charge < -0.3 is 18.7 Å². The molecule has 1 saturated heterocycles. The largest absolute Gasteiger partial charge is 0.484 e. The Balaban J connectivity index is 1.22. The van der Waals surface area contributed by atoms with E-state index in [9.17, 15) is 4.79 Å². The van der Waals surface area contributed by atoms with Gasteiger partial charge in [-0.15, -0.1) is 0 Å². The summed E-state index contributed by atoms with van der Waals surface area (Å²) in [6, 6.07) is 12.9. The van der Waals surface area contributed by atoms with Crippen LogP contribution in [0.2, 0.25) is 5.02 Å². The van der Waals surface area contributed by atoms with Crippen molar-refractivity contribution in [3.8, 4) is 17.1 Å². The first-order valence-electron chi connectivity index (χ1n) is 11.6. The molecule has 0 atom stereocenters. The summed E-state index contributed by atoms with van der Waals surface area (Å²) in [7, 11) is 0. The van der Waals surface area contributed by atoms with Crippen molar-refractivity contribution in [2.75, 3.05) is 13.1 Å². The van der Waals surface area contributed by atoms with Gasteiger partial charge in [-0.25, -0.2) is 4.98 Å². The van der Waals surface area contributed by atoms with Gasteiger partial charge in [0.2, 0.25) is 11.7 Å². The normalized spacial score (nSPS) is 14.3. The summed E-state index contributed by atoms with van der Waals surface area (Å²) >= 11 is 5.89. The molecule has 0 spiro atoms. The van der Waals surface area contributed by atoms with E-state index in [1.165, 1.54) is 12.8 Å². The molecule has 0 saturated carbocycles. The van der Waals surface area contributed by atoms with Crippen LogP contribution < -0.4 is 4.74 Å². The number of aryl methyl sites for hydroxylation is 1. The van der Waals surface area contributed by atoms with Crippen molar-refractivity contribution in [3.63, 3.8) is 0 Å². The Kier molecular flexibility index (Phi) is 6.76. The monoisotopic (exact) mass is 479 g/mol. The first-order chi connectivity index (χ1) is 16.7. The van der Waals surface area contributed by atoms with Crippen LogP contribution in [0.5, 0.6) is 5.75 Å². The third-order valence-electron chi connectivity index (χ3n) is 6.05. The molecule has 1 aliphatic rings. The summed E-state index contributed by atoms with van der Waals surface area (Å²) in [5.41, 5.74) is 2.60. The minimum absolute atomic E-state index is 0.163. The van der Waals surface area contributed by atoms with Crippen LogP contribution >= 0.6 is 11.6 Å². The first-order valence-corrected chi connectivity index (χ1v) is 12.0. The highest BCUT2D eigenvalue weighted by Crippen LogP contribution is 2.23. The molecular weight excluding hydrogens is 454 g/mol. The number of rotatable bonds is 7. The Morgan fingerprint density at radius 2 is 1.85 bits per heavy atom. The standard InChI is InChI=1S/C25H26ClN5O3/c26-19-6-8-20(9-7-19)33-16-23-28-25(29-34-23)18-5-10-22-21(15-18)27-17-31(22)14-11-24(32)30-12-3-1-2-4-13-30/h5-10,15,17H,1-4,11-14,16H2. The van der Waals surface area contributed by atoms with Gasteiger partial charge in [0.25, 0.3) is 5.89 Å². The summed E-state index contributed by atoms with van der Waals surface area (Å²) in [4.78, 5) is 23.6. The highest BCUT2D eigenvalue weighted by molar-refractivity contribution is 6.30. The van der Waals surface area contributed by atoms with E-state index >= 15 is 0 Å². The molecule has 0 radical (unpaired) electrons. The van der Waals surface area contributed by atoms with Gasteiger partial charge in [-0.05, 0) is 55.3 Å². The van der Waals surface area contributed by atoms with E-state index < -0.39 is 0 Å². The fourth-order valence-electron chi connectivity index (χ4n) is 4.18. The average Bonchev–Trinajstić information content (AvgIpc) is 3.40. The lowest BCUT2D eigenvalue weighted by molar-refractivity contribution is -0.131. The second-order valence-electron chi connectivity index (χ2n) is 8.44. The topological polar surface area (TPSA) is 86.3 Å². The zero-order valence-corrected chi connectivity index (χ0v) is 19.6. The number of aromatic nitrogens is 4. The maximum atomic E-state index is 12.6. The average molecular weight is 480 g/mol. The van der Waals surface area contributed by atoms with Crippen LogP contribution in [-0.2, 0) is 17.9 Å². The summed E-state index contributed by atoms with van der Waals surface area (Å²) in [6.45, 7) is 2.53. The molecule has 4 aromatic rings. The molecule has 8 nitrogen and oxygen atoms in total. The number of fused-ring (bicyclic) bond motifs is 1. The molecule has 1 fully saturated rings. The Bertz CT molecular complexity index is 1260. The SMILES string of the molecule is O=C(CCn1cnc2cc(-c3noc(COc4ccc(Cl)cc4)n3)ccc21)N1CCCCCC1. The van der Waals surface area contributed by atoms with Crippen molar-refractivity contribution < 1.29 is 14.1 Å². The predicted octanol–water partition coefficient (Wildman–Crippen LogP) is 5.11. The molecule has 5 rings (SSSR count). The van der Waals surface area contributed by atoms with Crippen molar-refractivity contribution >= 4 is 28.5 Å². The van der Waals surface area contributed by atoms with Crippen LogP contribution in [0.15, 0.2) is 53.3 Å². The van der Waals surface area contributed by atoms with E-state index in [-0.39, 0.29) is 12.5 Å². The van der Waals surface area contributed by atoms with E-state index in [2.05, 4.69) is 15.1 Å². The molecule has 1 aliphatic heterocycles. The summed E-state index contributed by atoms with van der Waals surface area (Å²) in [5, 5.41) is 4.72. The number of nitrogens with zero attached hydrogens (tertiary/aromatic N) is 5. The zero-order chi connectivity index (χ0) is 23.3. The summed E-state index contributed by atoms with van der Waals surface area (Å²) in [5.74, 6) is 1.75. The number of hydrogen-bond acceptors (Lipinski definition) is 6. The highest BCUT2D eigenvalue weighted by Gasteiger charge is 2.16. The lowest BCUT2D eigenvalue weighted by atomic mass is 10.2. The van der Waals surface area contributed by atoms with E-state index in [0.717, 1.165) is 42.5 Å². The fraction of sp³-hybridized carbons (Fsp3) is 0.360. The van der Waals surface area contributed by atoms with Crippen molar-refractivity contribution in [2.45, 2.75) is 45.3 Å². The lowest BCUT2D eigenvalue weighted by Crippen LogP contribution is -2.32. The smallest absolute Gasteiger partial charge is 0.264 e. The number of imidazole rings is 1. The second-order valence-corrected chi connectivity index (χ2v) is 8.88. The van der Waals surface area contributed by atoms with Gasteiger partial charge in [-0.1, -0.05) is 29.6 Å². The van der Waals surface area contributed by atoms with Crippen LogP contribution in [0.1, 0.15) is 38.0 Å². The summed E-state index contributed by atoms with van der Waals surface area (Å²) in [6.07, 6.45) is 6.91. The predicted molar refractivity (Wildman–Crippen MR) is 128 cm³/mol. The number of carbonyl (C=O) groups excluding carboxylic acids is 1. The number of benzene rings is 2. The van der Waals surface area contributed by atoms with Crippen molar-refractivity contribution in [3.05, 3.63) is 59.7 Å². The van der Waals surface area contributed by atoms with Crippen LogP contribution in [-0.4, -0.2) is 43.6 Å². The van der Waals surface area contributed by atoms with Crippen LogP contribution in [0.25, 0.3) is 22.4 Å². The van der Waals surface area contributed by atoms with Crippen molar-refractivity contribution in [2.24, 2.45) is 0 Å². The maximum absolute atomic E-state index is 12.6. The molecule has 0 N–H and O–H groups in total. The molecule has 0 unspecified atom stereocenters. The number of ether oxygens (including phenoxy) is 1. The van der Waals surface area contributed by atoms with Gasteiger partial charge in [-0.2, -0.15) is 4.98 Å². The molecule has 34 heavy (non-hydrogen) atoms. The molecule has 2 aromatic carbocycles. The molecule has 0 bridgehead atoms. The Morgan fingerprint density at radius 3 is 2.65 bits per heavy atom. The lowest BCUT2D eigenvalue weighted by Gasteiger charge is -2.20. The number of carbonyl (C=O) groups is 1. The quantitative estimate of drug-likeness (QED) is 0.366. The van der Waals surface area contributed by atoms with Crippen LogP contribution in [0.4, 0.5) is 0 Å². The number of halogens is 1. The molecular formula is C25H26ClN5O3. The van der Waals surface area contributed by atoms with E-state index in [4.69, 9.17) is 20.9 Å². The number of amides is 1. The second kappa shape index (κ2) is 10.3. The van der Waals surface area contributed by atoms with Gasteiger partial charge in [0, 0.05) is 36.6 Å². The molecule has 3 heterocycles. The van der Waals surface area contributed by atoms with Gasteiger partial charge in [-0.3, -0.25) is 4.79 Å². The Hall–Kier alpha value is -3.39. The highest BCUT2D eigenvalue weighted by atomic mass is 35.5. The first kappa shape index (κ1) is 22.4.